The highest BCUT2D eigenvalue weighted by atomic mass is 32.2. The maximum atomic E-state index is 12.6. The largest absolute Gasteiger partial charge is 0.278 e. The molecule has 4 aromatic rings. The zero-order valence-corrected chi connectivity index (χ0v) is 16.4. The number of fused-ring (bicyclic) bond motifs is 4. The number of benzene rings is 1. The molecule has 1 aliphatic rings. The lowest BCUT2D eigenvalue weighted by Crippen LogP contribution is -2.23. The zero-order chi connectivity index (χ0) is 18.4. The van der Waals surface area contributed by atoms with E-state index in [1.165, 1.54) is 33.3 Å². The molecule has 8 heteroatoms. The molecule has 1 atom stereocenters. The van der Waals surface area contributed by atoms with E-state index in [9.17, 15) is 4.79 Å². The highest BCUT2D eigenvalue weighted by molar-refractivity contribution is 7.98. The van der Waals surface area contributed by atoms with Crippen molar-refractivity contribution >= 4 is 44.2 Å². The maximum absolute atomic E-state index is 12.6. The molecule has 3 aromatic heterocycles. The molecule has 0 saturated carbocycles. The van der Waals surface area contributed by atoms with Gasteiger partial charge in [-0.05, 0) is 42.9 Å². The van der Waals surface area contributed by atoms with Crippen LogP contribution in [0.3, 0.4) is 0 Å². The maximum Gasteiger partial charge on any atom is 0.278 e. The predicted molar refractivity (Wildman–Crippen MR) is 108 cm³/mol. The Kier molecular flexibility index (Phi) is 4.17. The molecule has 27 heavy (non-hydrogen) atoms. The molecule has 0 fully saturated rings. The van der Waals surface area contributed by atoms with Gasteiger partial charge in [0.15, 0.2) is 0 Å². The fourth-order valence-electron chi connectivity index (χ4n) is 3.59. The summed E-state index contributed by atoms with van der Waals surface area (Å²) in [6.45, 7) is 2.31. The van der Waals surface area contributed by atoms with Crippen LogP contribution < -0.4 is 5.56 Å². The molecule has 0 amide bonds. The van der Waals surface area contributed by atoms with Crippen LogP contribution in [0.4, 0.5) is 0 Å². The van der Waals surface area contributed by atoms with Gasteiger partial charge >= 0.3 is 0 Å². The number of rotatable bonds is 3. The van der Waals surface area contributed by atoms with Gasteiger partial charge in [-0.15, -0.1) is 16.4 Å². The van der Waals surface area contributed by atoms with E-state index in [4.69, 9.17) is 0 Å². The van der Waals surface area contributed by atoms with Gasteiger partial charge in [-0.25, -0.2) is 9.97 Å². The second-order valence-electron chi connectivity index (χ2n) is 6.90. The molecule has 6 nitrogen and oxygen atoms in total. The summed E-state index contributed by atoms with van der Waals surface area (Å²) in [5, 5.41) is 10.9. The Balaban J connectivity index is 1.51. The normalized spacial score (nSPS) is 16.7. The Hall–Kier alpha value is -2.32. The summed E-state index contributed by atoms with van der Waals surface area (Å²) in [7, 11) is 0. The minimum atomic E-state index is -0.125. The summed E-state index contributed by atoms with van der Waals surface area (Å²) in [6.07, 6.45) is 5.02. The average molecular weight is 396 g/mol. The minimum Gasteiger partial charge on any atom is -0.267 e. The third-order valence-electron chi connectivity index (χ3n) is 5.01. The average Bonchev–Trinajstić information content (AvgIpc) is 3.05. The third-order valence-corrected chi connectivity index (χ3v) is 7.13. The van der Waals surface area contributed by atoms with Gasteiger partial charge in [-0.1, -0.05) is 36.0 Å². The molecule has 0 unspecified atom stereocenters. The van der Waals surface area contributed by atoms with Crippen LogP contribution >= 0.6 is 23.1 Å². The lowest BCUT2D eigenvalue weighted by atomic mass is 9.89. The van der Waals surface area contributed by atoms with Crippen LogP contribution in [0.2, 0.25) is 0 Å². The van der Waals surface area contributed by atoms with E-state index in [1.807, 2.05) is 12.1 Å². The van der Waals surface area contributed by atoms with Crippen molar-refractivity contribution in [2.45, 2.75) is 37.1 Å². The smallest absolute Gasteiger partial charge is 0.267 e. The predicted octanol–water partition coefficient (Wildman–Crippen LogP) is 3.67. The fourth-order valence-corrected chi connectivity index (χ4v) is 5.90. The van der Waals surface area contributed by atoms with E-state index in [0.29, 0.717) is 16.8 Å². The van der Waals surface area contributed by atoms with Crippen molar-refractivity contribution in [1.29, 1.82) is 0 Å². The van der Waals surface area contributed by atoms with E-state index in [-0.39, 0.29) is 5.56 Å². The van der Waals surface area contributed by atoms with Gasteiger partial charge in [-0.2, -0.15) is 4.68 Å². The quantitative estimate of drug-likeness (QED) is 0.389. The van der Waals surface area contributed by atoms with Gasteiger partial charge < -0.3 is 0 Å². The first kappa shape index (κ1) is 16.8. The molecule has 1 aliphatic carbocycles. The Labute approximate surface area is 163 Å². The monoisotopic (exact) mass is 395 g/mol. The SMILES string of the molecule is C[C@H]1CCc2c(sc3ncnc(SCn4nnc5ccccc5c4=O)c23)C1. The molecule has 5 rings (SSSR count). The van der Waals surface area contributed by atoms with Crippen molar-refractivity contribution in [3.05, 3.63) is 51.4 Å². The van der Waals surface area contributed by atoms with Crippen molar-refractivity contribution in [3.63, 3.8) is 0 Å². The molecule has 0 aliphatic heterocycles. The van der Waals surface area contributed by atoms with Crippen LogP contribution in [0.1, 0.15) is 23.8 Å². The number of nitrogens with zero attached hydrogens (tertiary/aromatic N) is 5. The first-order valence-electron chi connectivity index (χ1n) is 8.91. The van der Waals surface area contributed by atoms with Gasteiger partial charge in [0.25, 0.3) is 5.56 Å². The fraction of sp³-hybridized carbons (Fsp3) is 0.316. The molecule has 1 aromatic carbocycles. The number of aromatic nitrogens is 5. The van der Waals surface area contributed by atoms with Crippen molar-refractivity contribution in [1.82, 2.24) is 25.0 Å². The van der Waals surface area contributed by atoms with Crippen LogP contribution in [-0.4, -0.2) is 25.0 Å². The van der Waals surface area contributed by atoms with Gasteiger partial charge in [-0.3, -0.25) is 4.79 Å². The topological polar surface area (TPSA) is 73.6 Å². The minimum absolute atomic E-state index is 0.125. The van der Waals surface area contributed by atoms with Crippen molar-refractivity contribution in [2.75, 3.05) is 0 Å². The van der Waals surface area contributed by atoms with Gasteiger partial charge in [0.05, 0.1) is 11.3 Å². The van der Waals surface area contributed by atoms with Crippen LogP contribution in [0.25, 0.3) is 21.1 Å². The lowest BCUT2D eigenvalue weighted by Gasteiger charge is -2.18. The second-order valence-corrected chi connectivity index (χ2v) is 8.91. The summed E-state index contributed by atoms with van der Waals surface area (Å²) in [5.41, 5.74) is 1.89. The first-order valence-corrected chi connectivity index (χ1v) is 10.7. The summed E-state index contributed by atoms with van der Waals surface area (Å²) < 4.78 is 1.40. The molecule has 0 saturated heterocycles. The first-order chi connectivity index (χ1) is 13.2. The molecule has 0 radical (unpaired) electrons. The number of hydrogen-bond donors (Lipinski definition) is 0. The summed E-state index contributed by atoms with van der Waals surface area (Å²) in [4.78, 5) is 24.1. The Bertz CT molecular complexity index is 1220. The second kappa shape index (κ2) is 6.69. The summed E-state index contributed by atoms with van der Waals surface area (Å²) in [5.74, 6) is 1.10. The van der Waals surface area contributed by atoms with Gasteiger partial charge in [0.1, 0.15) is 21.7 Å². The van der Waals surface area contributed by atoms with Crippen LogP contribution in [-0.2, 0) is 18.7 Å². The molecule has 0 N–H and O–H groups in total. The molecular weight excluding hydrogens is 378 g/mol. The van der Waals surface area contributed by atoms with E-state index in [2.05, 4.69) is 27.2 Å². The molecular formula is C19H17N5OS2. The number of thioether (sulfide) groups is 1. The van der Waals surface area contributed by atoms with Crippen molar-refractivity contribution in [2.24, 2.45) is 5.92 Å². The summed E-state index contributed by atoms with van der Waals surface area (Å²) >= 11 is 3.30. The van der Waals surface area contributed by atoms with E-state index in [0.717, 1.165) is 34.0 Å². The molecule has 136 valence electrons. The standard InChI is InChI=1S/C19H17N5OS2/c1-11-6-7-13-15(8-11)27-18-16(13)17(20-9-21-18)26-10-24-19(25)12-4-2-3-5-14(12)22-23-24/h2-5,9,11H,6-8,10H2,1H3/t11-/m0/s1. The highest BCUT2D eigenvalue weighted by Crippen LogP contribution is 2.40. The number of thiophene rings is 1. The van der Waals surface area contributed by atoms with Crippen LogP contribution in [0.15, 0.2) is 40.4 Å². The zero-order valence-electron chi connectivity index (χ0n) is 14.8. The van der Waals surface area contributed by atoms with E-state index < -0.39 is 0 Å². The third kappa shape index (κ3) is 2.93. The summed E-state index contributed by atoms with van der Waals surface area (Å²) in [6, 6.07) is 7.28. The van der Waals surface area contributed by atoms with Gasteiger partial charge in [0, 0.05) is 10.3 Å². The van der Waals surface area contributed by atoms with Gasteiger partial charge in [0.2, 0.25) is 0 Å². The number of hydrogen-bond acceptors (Lipinski definition) is 7. The number of aryl methyl sites for hydroxylation is 1. The molecule has 3 heterocycles. The van der Waals surface area contributed by atoms with Crippen molar-refractivity contribution in [3.8, 4) is 0 Å². The highest BCUT2D eigenvalue weighted by Gasteiger charge is 2.23. The Morgan fingerprint density at radius 1 is 1.30 bits per heavy atom. The Morgan fingerprint density at radius 2 is 2.19 bits per heavy atom. The Morgan fingerprint density at radius 3 is 3.11 bits per heavy atom. The van der Waals surface area contributed by atoms with E-state index in [1.54, 1.807) is 29.8 Å². The van der Waals surface area contributed by atoms with Crippen LogP contribution in [0, 0.1) is 5.92 Å². The van der Waals surface area contributed by atoms with Crippen LogP contribution in [0.5, 0.6) is 0 Å². The van der Waals surface area contributed by atoms with Crippen molar-refractivity contribution < 1.29 is 0 Å². The van der Waals surface area contributed by atoms with E-state index >= 15 is 0 Å². The molecule has 0 bridgehead atoms. The molecule has 0 spiro atoms. The lowest BCUT2D eigenvalue weighted by molar-refractivity contribution is 0.509.